The largest absolute Gasteiger partial charge is 0.481 e. The normalized spacial score (nSPS) is 37.7. The van der Waals surface area contributed by atoms with Crippen molar-refractivity contribution < 1.29 is 29.3 Å². The smallest absolute Gasteiger partial charge is 0.312 e. The van der Waals surface area contributed by atoms with Crippen molar-refractivity contribution in [2.24, 2.45) is 34.5 Å². The molecule has 2 N–H and O–H groups in total. The molecule has 2 atom stereocenters. The van der Waals surface area contributed by atoms with Crippen LogP contribution in [0.1, 0.15) is 79.1 Å². The van der Waals surface area contributed by atoms with Crippen LogP contribution in [0, 0.1) is 34.5 Å². The van der Waals surface area contributed by atoms with E-state index < -0.39 is 34.8 Å². The number of aliphatic carboxylic acids is 2. The molecular formula is C22H34O6. The number of carbonyl (C=O) groups is 3. The Morgan fingerprint density at radius 3 is 1.86 bits per heavy atom. The van der Waals surface area contributed by atoms with Gasteiger partial charge in [-0.05, 0) is 89.4 Å². The lowest BCUT2D eigenvalue weighted by Crippen LogP contribution is -2.59. The molecule has 0 saturated heterocycles. The Kier molecular flexibility index (Phi) is 5.30. The second-order valence-electron chi connectivity index (χ2n) is 10.4. The van der Waals surface area contributed by atoms with Crippen LogP contribution in [-0.4, -0.2) is 33.7 Å². The first-order valence-corrected chi connectivity index (χ1v) is 10.6. The maximum absolute atomic E-state index is 13.3. The van der Waals surface area contributed by atoms with Gasteiger partial charge in [-0.25, -0.2) is 0 Å². The van der Waals surface area contributed by atoms with Crippen LogP contribution < -0.4 is 0 Å². The first kappa shape index (κ1) is 21.1. The third kappa shape index (κ3) is 3.55. The molecule has 0 aromatic heterocycles. The highest BCUT2D eigenvalue weighted by Crippen LogP contribution is 2.60. The zero-order chi connectivity index (χ0) is 20.9. The van der Waals surface area contributed by atoms with Gasteiger partial charge in [0.2, 0.25) is 0 Å². The molecule has 4 aliphatic rings. The average Bonchev–Trinajstić information content (AvgIpc) is 2.58. The van der Waals surface area contributed by atoms with Crippen molar-refractivity contribution in [1.82, 2.24) is 0 Å². The van der Waals surface area contributed by atoms with E-state index in [9.17, 15) is 19.5 Å². The van der Waals surface area contributed by atoms with Gasteiger partial charge >= 0.3 is 17.9 Å². The summed E-state index contributed by atoms with van der Waals surface area (Å²) in [4.78, 5) is 36.3. The topological polar surface area (TPSA) is 101 Å². The highest BCUT2D eigenvalue weighted by molar-refractivity contribution is 5.83. The summed E-state index contributed by atoms with van der Waals surface area (Å²) in [5.41, 5.74) is -3.02. The second-order valence-corrected chi connectivity index (χ2v) is 10.4. The molecule has 0 aromatic rings. The lowest BCUT2D eigenvalue weighted by atomic mass is 9.50. The van der Waals surface area contributed by atoms with E-state index in [4.69, 9.17) is 9.84 Å². The minimum absolute atomic E-state index is 0.0480. The maximum atomic E-state index is 13.3. The van der Waals surface area contributed by atoms with Crippen LogP contribution >= 0.6 is 0 Å². The van der Waals surface area contributed by atoms with Gasteiger partial charge in [0.05, 0.1) is 17.3 Å². The molecule has 0 spiro atoms. The van der Waals surface area contributed by atoms with Gasteiger partial charge < -0.3 is 14.9 Å². The van der Waals surface area contributed by atoms with E-state index in [0.717, 1.165) is 37.5 Å². The quantitative estimate of drug-likeness (QED) is 0.601. The predicted molar refractivity (Wildman–Crippen MR) is 103 cm³/mol. The number of carboxylic acid groups (broad SMARTS) is 2. The summed E-state index contributed by atoms with van der Waals surface area (Å²) < 4.78 is 6.22. The average molecular weight is 395 g/mol. The Morgan fingerprint density at radius 2 is 1.46 bits per heavy atom. The molecule has 0 radical (unpaired) electrons. The standard InChI is InChI=1S/C22H34O6/c1-5-20(2,12-21(3,18(25)26)11-17(23)24)19(27)28-22(4)15-7-13-6-14(9-15)10-16(22)8-13/h13-16H,5-12H2,1-4H3,(H,23,24)(H,25,26). The van der Waals surface area contributed by atoms with Gasteiger partial charge in [0, 0.05) is 0 Å². The summed E-state index contributed by atoms with van der Waals surface area (Å²) in [5.74, 6) is -0.441. The molecule has 158 valence electrons. The number of carbonyl (C=O) groups excluding carboxylic acids is 1. The molecule has 0 amide bonds. The molecule has 2 unspecified atom stereocenters. The Morgan fingerprint density at radius 1 is 0.964 bits per heavy atom. The van der Waals surface area contributed by atoms with Crippen molar-refractivity contribution in [3.05, 3.63) is 0 Å². The zero-order valence-electron chi connectivity index (χ0n) is 17.5. The van der Waals surface area contributed by atoms with Crippen molar-refractivity contribution in [2.75, 3.05) is 0 Å². The van der Waals surface area contributed by atoms with E-state index >= 15 is 0 Å². The van der Waals surface area contributed by atoms with Crippen molar-refractivity contribution in [3.63, 3.8) is 0 Å². The van der Waals surface area contributed by atoms with Gasteiger partial charge in [0.15, 0.2) is 0 Å². The third-order valence-corrected chi connectivity index (χ3v) is 8.18. The number of hydrogen-bond donors (Lipinski definition) is 2. The molecule has 4 rings (SSSR count). The van der Waals surface area contributed by atoms with E-state index in [1.54, 1.807) is 6.92 Å². The van der Waals surface area contributed by atoms with Crippen LogP contribution in [-0.2, 0) is 19.1 Å². The number of ether oxygens (including phenoxy) is 1. The van der Waals surface area contributed by atoms with Gasteiger partial charge in [-0.3, -0.25) is 14.4 Å². The fourth-order valence-corrected chi connectivity index (χ4v) is 6.36. The number of esters is 1. The van der Waals surface area contributed by atoms with Crippen LogP contribution in [0.5, 0.6) is 0 Å². The van der Waals surface area contributed by atoms with E-state index in [2.05, 4.69) is 6.92 Å². The molecule has 0 aliphatic heterocycles. The SMILES string of the molecule is CCC(C)(CC(C)(CC(=O)O)C(=O)O)C(=O)OC1(C)C2CC3CC(C2)CC1C3. The van der Waals surface area contributed by atoms with Crippen LogP contribution in [0.25, 0.3) is 0 Å². The molecule has 4 fully saturated rings. The fourth-order valence-electron chi connectivity index (χ4n) is 6.36. The van der Waals surface area contributed by atoms with Crippen molar-refractivity contribution in [1.29, 1.82) is 0 Å². The van der Waals surface area contributed by atoms with Gasteiger partial charge in [-0.1, -0.05) is 6.92 Å². The third-order valence-electron chi connectivity index (χ3n) is 8.18. The zero-order valence-corrected chi connectivity index (χ0v) is 17.5. The predicted octanol–water partition coefficient (Wildman–Crippen LogP) is 4.12. The highest BCUT2D eigenvalue weighted by Gasteiger charge is 2.58. The number of rotatable bonds is 8. The van der Waals surface area contributed by atoms with Gasteiger partial charge in [0.1, 0.15) is 5.60 Å². The Bertz CT molecular complexity index is 642. The molecule has 4 aliphatic carbocycles. The molecule has 4 saturated carbocycles. The van der Waals surface area contributed by atoms with Crippen LogP contribution in [0.15, 0.2) is 0 Å². The number of carboxylic acids is 2. The molecule has 0 heterocycles. The van der Waals surface area contributed by atoms with Gasteiger partial charge in [0.25, 0.3) is 0 Å². The summed E-state index contributed by atoms with van der Waals surface area (Å²) >= 11 is 0. The van der Waals surface area contributed by atoms with Crippen LogP contribution in [0.2, 0.25) is 0 Å². The van der Waals surface area contributed by atoms with Gasteiger partial charge in [-0.2, -0.15) is 0 Å². The summed E-state index contributed by atoms with van der Waals surface area (Å²) in [6, 6.07) is 0. The molecule has 0 aromatic carbocycles. The summed E-state index contributed by atoms with van der Waals surface area (Å²) in [5, 5.41) is 18.8. The summed E-state index contributed by atoms with van der Waals surface area (Å²) in [7, 11) is 0. The summed E-state index contributed by atoms with van der Waals surface area (Å²) in [6.45, 7) is 7.04. The molecule has 6 nitrogen and oxygen atoms in total. The van der Waals surface area contributed by atoms with Crippen molar-refractivity contribution in [3.8, 4) is 0 Å². The first-order chi connectivity index (χ1) is 12.9. The molecule has 4 bridgehead atoms. The van der Waals surface area contributed by atoms with Crippen LogP contribution in [0.3, 0.4) is 0 Å². The van der Waals surface area contributed by atoms with E-state index in [1.807, 2.05) is 6.92 Å². The molecule has 28 heavy (non-hydrogen) atoms. The van der Waals surface area contributed by atoms with Crippen LogP contribution in [0.4, 0.5) is 0 Å². The molecular weight excluding hydrogens is 360 g/mol. The lowest BCUT2D eigenvalue weighted by Gasteiger charge is -2.59. The Labute approximate surface area is 167 Å². The minimum atomic E-state index is -1.51. The van der Waals surface area contributed by atoms with Crippen molar-refractivity contribution in [2.45, 2.75) is 84.7 Å². The Hall–Kier alpha value is -1.59. The second kappa shape index (κ2) is 7.03. The summed E-state index contributed by atoms with van der Waals surface area (Å²) in [6.07, 6.45) is 5.62. The first-order valence-electron chi connectivity index (χ1n) is 10.6. The number of hydrogen-bond acceptors (Lipinski definition) is 4. The van der Waals surface area contributed by atoms with Crippen molar-refractivity contribution >= 4 is 17.9 Å². The Balaban J connectivity index is 1.79. The van der Waals surface area contributed by atoms with E-state index in [1.165, 1.54) is 13.3 Å². The fraction of sp³-hybridized carbons (Fsp3) is 0.864. The molecule has 6 heteroatoms. The lowest BCUT2D eigenvalue weighted by molar-refractivity contribution is -0.213. The van der Waals surface area contributed by atoms with E-state index in [-0.39, 0.29) is 12.4 Å². The van der Waals surface area contributed by atoms with Gasteiger partial charge in [-0.15, -0.1) is 0 Å². The maximum Gasteiger partial charge on any atom is 0.312 e. The van der Waals surface area contributed by atoms with E-state index in [0.29, 0.717) is 18.3 Å². The monoisotopic (exact) mass is 394 g/mol. The highest BCUT2D eigenvalue weighted by atomic mass is 16.6. The minimum Gasteiger partial charge on any atom is -0.481 e.